The van der Waals surface area contributed by atoms with E-state index in [0.29, 0.717) is 37.5 Å². The molecule has 460 valence electrons. The van der Waals surface area contributed by atoms with Crippen molar-refractivity contribution in [3.05, 3.63) is 123 Å². The summed E-state index contributed by atoms with van der Waals surface area (Å²) in [5.41, 5.74) is 1.82. The number of nitrogens with one attached hydrogen (secondary N) is 4. The van der Waals surface area contributed by atoms with E-state index in [1.54, 1.807) is 29.0 Å². The maximum Gasteiger partial charge on any atom is 0.417 e. The molecule has 5 N–H and O–H groups in total. The molecule has 7 rings (SSSR count). The monoisotopic (exact) mass is 1200 g/mol. The number of likely N-dealkylation sites (tertiary alicyclic amines) is 1. The summed E-state index contributed by atoms with van der Waals surface area (Å²) in [5.74, 6) is -3.34. The van der Waals surface area contributed by atoms with E-state index < -0.39 is 75.9 Å². The van der Waals surface area contributed by atoms with Gasteiger partial charge >= 0.3 is 6.18 Å². The van der Waals surface area contributed by atoms with Crippen LogP contribution in [0.3, 0.4) is 0 Å². The predicted molar refractivity (Wildman–Crippen MR) is 314 cm³/mol. The van der Waals surface area contributed by atoms with Crippen LogP contribution in [0.1, 0.15) is 97.8 Å². The number of piperazine rings is 1. The van der Waals surface area contributed by atoms with Crippen molar-refractivity contribution in [2.75, 3.05) is 89.8 Å². The number of thiazole rings is 1. The average Bonchev–Trinajstić information content (AvgIpc) is 4.33. The van der Waals surface area contributed by atoms with Gasteiger partial charge < -0.3 is 54.8 Å². The number of carbonyl (C=O) groups is 5. The number of amides is 4. The molecule has 19 nitrogen and oxygen atoms in total. The number of hydrogen-bond acceptors (Lipinski definition) is 15. The summed E-state index contributed by atoms with van der Waals surface area (Å²) < 4.78 is 79.9. The number of rotatable bonds is 27. The van der Waals surface area contributed by atoms with E-state index in [1.165, 1.54) is 23.1 Å². The third kappa shape index (κ3) is 18.1. The van der Waals surface area contributed by atoms with Crippen LogP contribution in [0.4, 0.5) is 28.9 Å². The smallest absolute Gasteiger partial charge is 0.391 e. The highest BCUT2D eigenvalue weighted by Gasteiger charge is 2.45. The first-order valence-corrected chi connectivity index (χ1v) is 29.2. The van der Waals surface area contributed by atoms with Gasteiger partial charge in [-0.2, -0.15) is 13.2 Å². The molecule has 5 atom stereocenters. The Morgan fingerprint density at radius 3 is 2.08 bits per heavy atom. The fourth-order valence-corrected chi connectivity index (χ4v) is 10.9. The Morgan fingerprint density at radius 2 is 1.46 bits per heavy atom. The van der Waals surface area contributed by atoms with Crippen LogP contribution in [0.5, 0.6) is 0 Å². The summed E-state index contributed by atoms with van der Waals surface area (Å²) >= 11 is 1.55. The number of H-pyrrole nitrogens is 1. The van der Waals surface area contributed by atoms with Crippen LogP contribution in [-0.4, -0.2) is 164 Å². The first kappa shape index (κ1) is 65.6. The highest BCUT2D eigenvalue weighted by atomic mass is 32.1. The summed E-state index contributed by atoms with van der Waals surface area (Å²) in [6.07, 6.45) is -4.70. The molecule has 0 saturated carbocycles. The molecule has 24 heteroatoms. The third-order valence-electron chi connectivity index (χ3n) is 15.0. The lowest BCUT2D eigenvalue weighted by Crippen LogP contribution is -2.57. The van der Waals surface area contributed by atoms with Gasteiger partial charge in [0.25, 0.3) is 5.91 Å². The number of halogens is 4. The van der Waals surface area contributed by atoms with Gasteiger partial charge in [0.15, 0.2) is 5.78 Å². The molecule has 0 radical (unpaired) electrons. The Kier molecular flexibility index (Phi) is 23.1. The van der Waals surface area contributed by atoms with Crippen LogP contribution in [0, 0.1) is 18.2 Å². The van der Waals surface area contributed by atoms with Gasteiger partial charge in [0.05, 0.1) is 90.9 Å². The quantitative estimate of drug-likeness (QED) is 0.0193. The minimum atomic E-state index is -5.00. The molecule has 2 aliphatic heterocycles. The number of likely N-dealkylation sites (N-methyl/N-ethyl adjacent to an activating group) is 1. The molecule has 2 aromatic heterocycles. The zero-order valence-electron chi connectivity index (χ0n) is 48.9. The number of ketones is 1. The van der Waals surface area contributed by atoms with E-state index in [4.69, 9.17) is 18.9 Å². The van der Waals surface area contributed by atoms with Crippen molar-refractivity contribution in [2.24, 2.45) is 5.41 Å². The Hall–Kier alpha value is -6.93. The maximum absolute atomic E-state index is 15.6. The Balaban J connectivity index is 0.779. The van der Waals surface area contributed by atoms with Gasteiger partial charge in [-0.25, -0.2) is 9.37 Å². The predicted octanol–water partition coefficient (Wildman–Crippen LogP) is 7.64. The molecule has 0 spiro atoms. The topological polar surface area (TPSA) is 234 Å². The number of aromatic amines is 1. The van der Waals surface area contributed by atoms with Crippen molar-refractivity contribution in [1.29, 1.82) is 0 Å². The van der Waals surface area contributed by atoms with Crippen molar-refractivity contribution >= 4 is 52.1 Å². The van der Waals surface area contributed by atoms with Crippen molar-refractivity contribution in [1.82, 2.24) is 30.4 Å². The van der Waals surface area contributed by atoms with Gasteiger partial charge in [-0.3, -0.25) is 33.7 Å². The van der Waals surface area contributed by atoms with Crippen molar-refractivity contribution in [2.45, 2.75) is 110 Å². The number of anilines is 2. The summed E-state index contributed by atoms with van der Waals surface area (Å²) in [5, 5.41) is 18.9. The Labute approximate surface area is 495 Å². The standard InChI is InChI=1S/C61H76F4N8O11S/c1-37-33-72(34-38(2)71(37)7)50-17-15-42(28-49(50)69-57(78)46-32-66-54(77)30-47(46)61(63,64)65)45-27-43(14-16-48(45)62)52(75)9-8-19-81-21-23-83-25-26-84-24-22-82-20-18-53(76)70-56(60(4,5)6)59(80)73-35-44(74)29-51(73)58(79)67-31-40-10-12-41(13-11-40)55-39(3)68-36-85-55/h10-17,27-28,30,32,36-38,44,51,56,74H,8-9,18-26,29,31,33-35H2,1-7H3,(H,66,77)(H,67,79)(H,69,78)(H,70,76)/t37-,38+,44-,51+,56-/m1/s1. The summed E-state index contributed by atoms with van der Waals surface area (Å²) in [6, 6.07) is 15.1. The number of aromatic nitrogens is 2. The second-order valence-electron chi connectivity index (χ2n) is 22.4. The number of benzene rings is 3. The molecular formula is C61H76F4N8O11S. The zero-order chi connectivity index (χ0) is 61.6. The van der Waals surface area contributed by atoms with Crippen LogP contribution in [0.25, 0.3) is 21.6 Å². The molecule has 0 bridgehead atoms. The number of hydrogen-bond donors (Lipinski definition) is 5. The molecule has 5 aromatic rings. The molecule has 2 saturated heterocycles. The highest BCUT2D eigenvalue weighted by molar-refractivity contribution is 7.13. The Bertz CT molecular complexity index is 3160. The number of β-amino-alcohol motifs (C(OH)–C–C–N with tert-alkyl or cyclic N) is 1. The fourth-order valence-electron chi connectivity index (χ4n) is 10.1. The van der Waals surface area contributed by atoms with E-state index >= 15 is 4.39 Å². The van der Waals surface area contributed by atoms with Crippen LogP contribution >= 0.6 is 11.3 Å². The number of alkyl halides is 3. The molecule has 0 unspecified atom stereocenters. The first-order valence-electron chi connectivity index (χ1n) is 28.3. The van der Waals surface area contributed by atoms with Crippen LogP contribution < -0.4 is 26.4 Å². The summed E-state index contributed by atoms with van der Waals surface area (Å²) in [4.78, 5) is 92.3. The van der Waals surface area contributed by atoms with Crippen molar-refractivity contribution in [3.63, 3.8) is 0 Å². The highest BCUT2D eigenvalue weighted by Crippen LogP contribution is 2.37. The number of ether oxygens (including phenoxy) is 4. The summed E-state index contributed by atoms with van der Waals surface area (Å²) in [7, 11) is 1.99. The number of aliphatic hydroxyl groups is 1. The fraction of sp³-hybridized carbons (Fsp3) is 0.492. The van der Waals surface area contributed by atoms with Gasteiger partial charge in [0, 0.05) is 87.5 Å². The minimum absolute atomic E-state index is 0.0270. The second-order valence-corrected chi connectivity index (χ2v) is 23.3. The van der Waals surface area contributed by atoms with E-state index in [2.05, 4.69) is 30.8 Å². The molecule has 4 heterocycles. The second kappa shape index (κ2) is 29.9. The van der Waals surface area contributed by atoms with E-state index in [1.807, 2.05) is 77.8 Å². The number of nitrogens with zero attached hydrogens (tertiary/aromatic N) is 4. The lowest BCUT2D eigenvalue weighted by Gasteiger charge is -2.44. The maximum atomic E-state index is 15.6. The lowest BCUT2D eigenvalue weighted by atomic mass is 9.85. The largest absolute Gasteiger partial charge is 0.417 e. The molecule has 3 aromatic carbocycles. The minimum Gasteiger partial charge on any atom is -0.391 e. The normalized spacial score (nSPS) is 17.9. The Morgan fingerprint density at radius 1 is 0.824 bits per heavy atom. The van der Waals surface area contributed by atoms with Gasteiger partial charge in [-0.15, -0.1) is 11.3 Å². The number of aliphatic hydroxyl groups excluding tert-OH is 1. The summed E-state index contributed by atoms with van der Waals surface area (Å²) in [6.45, 7) is 14.5. The SMILES string of the molecule is Cc1ncsc1-c1ccc(CNC(=O)[C@@H]2C[C@@H](O)CN2C(=O)[C@@H](NC(=O)CCOCCOCCOCCOCCCC(=O)c2ccc(F)c(-c3ccc(N4C[C@@H](C)N(C)[C@@H](C)C4)c(NC(=O)c4c[nH]c(=O)cc4C(F)(F)F)c3)c2)C(C)(C)C)cc1. The zero-order valence-corrected chi connectivity index (χ0v) is 49.8. The molecule has 85 heavy (non-hydrogen) atoms. The first-order chi connectivity index (χ1) is 40.4. The van der Waals surface area contributed by atoms with Gasteiger partial charge in [0.2, 0.25) is 23.3 Å². The van der Waals surface area contributed by atoms with Crippen LogP contribution in [-0.2, 0) is 46.1 Å². The molecular weight excluding hydrogens is 1130 g/mol. The van der Waals surface area contributed by atoms with E-state index in [9.17, 15) is 47.0 Å². The van der Waals surface area contributed by atoms with Gasteiger partial charge in [-0.1, -0.05) is 51.1 Å². The van der Waals surface area contributed by atoms with Crippen LogP contribution in [0.2, 0.25) is 0 Å². The molecule has 2 fully saturated rings. The van der Waals surface area contributed by atoms with Crippen LogP contribution in [0.15, 0.2) is 83.2 Å². The number of carbonyl (C=O) groups excluding carboxylic acids is 5. The number of aryl methyl sites for hydroxylation is 1. The number of pyridine rings is 1. The molecule has 2 aliphatic rings. The molecule has 0 aliphatic carbocycles. The number of Topliss-reactive ketones (excluding diaryl/α,β-unsaturated/α-hetero) is 1. The van der Waals surface area contributed by atoms with Gasteiger partial charge in [-0.05, 0) is 86.7 Å². The molecule has 4 amide bonds. The van der Waals surface area contributed by atoms with Crippen molar-refractivity contribution < 1.29 is 65.6 Å². The van der Waals surface area contributed by atoms with E-state index in [0.717, 1.165) is 27.8 Å². The third-order valence-corrected chi connectivity index (χ3v) is 16.0. The van der Waals surface area contributed by atoms with E-state index in [-0.39, 0.29) is 125 Å². The van der Waals surface area contributed by atoms with Gasteiger partial charge in [0.1, 0.15) is 17.9 Å². The average molecular weight is 1210 g/mol. The lowest BCUT2D eigenvalue weighted by molar-refractivity contribution is -0.144. The van der Waals surface area contributed by atoms with Crippen molar-refractivity contribution in [3.8, 4) is 21.6 Å².